The van der Waals surface area contributed by atoms with Crippen molar-refractivity contribution in [1.29, 1.82) is 0 Å². The second-order valence-corrected chi connectivity index (χ2v) is 7.13. The van der Waals surface area contributed by atoms with Crippen LogP contribution >= 0.6 is 0 Å². The van der Waals surface area contributed by atoms with Gasteiger partial charge in [-0.1, -0.05) is 6.07 Å². The van der Waals surface area contributed by atoms with Crippen LogP contribution in [0.15, 0.2) is 23.0 Å². The number of nitrogens with one attached hydrogen (secondary N) is 1. The Balaban J connectivity index is 1.66. The van der Waals surface area contributed by atoms with Gasteiger partial charge in [0.05, 0.1) is 6.04 Å². The molecule has 7 nitrogen and oxygen atoms in total. The zero-order chi connectivity index (χ0) is 20.6. The van der Waals surface area contributed by atoms with Gasteiger partial charge >= 0.3 is 17.9 Å². The molecule has 2 heterocycles. The summed E-state index contributed by atoms with van der Waals surface area (Å²) in [5.41, 5.74) is 1.96. The van der Waals surface area contributed by atoms with Gasteiger partial charge in [0.2, 0.25) is 5.82 Å². The van der Waals surface area contributed by atoms with Crippen LogP contribution in [-0.4, -0.2) is 38.4 Å². The summed E-state index contributed by atoms with van der Waals surface area (Å²) >= 11 is 0. The van der Waals surface area contributed by atoms with Crippen LogP contribution in [0.5, 0.6) is 0 Å². The molecular formula is C18H22F3N5O2. The molecule has 2 aromatic rings. The number of aromatic nitrogens is 3. The maximum atomic E-state index is 12.9. The maximum absolute atomic E-state index is 12.9. The van der Waals surface area contributed by atoms with Crippen molar-refractivity contribution in [2.75, 3.05) is 18.4 Å². The van der Waals surface area contributed by atoms with Gasteiger partial charge in [-0.2, -0.15) is 13.2 Å². The Morgan fingerprint density at radius 1 is 1.14 bits per heavy atom. The molecule has 0 atom stereocenters. The molecule has 0 radical (unpaired) electrons. The van der Waals surface area contributed by atoms with E-state index in [1.807, 2.05) is 32.0 Å². The molecule has 1 N–H and O–H groups in total. The van der Waals surface area contributed by atoms with Crippen molar-refractivity contribution in [2.45, 2.75) is 38.9 Å². The number of piperidine rings is 1. The number of halogens is 3. The van der Waals surface area contributed by atoms with E-state index in [4.69, 9.17) is 0 Å². The zero-order valence-corrected chi connectivity index (χ0v) is 15.9. The third-order valence-electron chi connectivity index (χ3n) is 4.83. The number of anilines is 1. The standard InChI is InChI=1S/C18H22F3N5O2/c1-11-8-12(2)10-13(9-11)22-16(27)25-6-4-14(5-7-25)26-17(28)24(3)15(23-26)18(19,20)21/h8-10,14H,4-7H2,1-3H3,(H,22,27). The molecular weight excluding hydrogens is 375 g/mol. The molecule has 1 aromatic heterocycles. The molecule has 0 aliphatic carbocycles. The molecule has 0 spiro atoms. The molecule has 3 rings (SSSR count). The van der Waals surface area contributed by atoms with Crippen LogP contribution in [0.4, 0.5) is 23.7 Å². The lowest BCUT2D eigenvalue weighted by atomic mass is 10.1. The Bertz CT molecular complexity index is 919. The van der Waals surface area contributed by atoms with Gasteiger partial charge in [0, 0.05) is 25.8 Å². The number of aryl methyl sites for hydroxylation is 2. The van der Waals surface area contributed by atoms with Crippen LogP contribution in [0.1, 0.15) is 35.8 Å². The topological polar surface area (TPSA) is 72.2 Å². The second kappa shape index (κ2) is 7.33. The van der Waals surface area contributed by atoms with Crippen molar-refractivity contribution in [3.63, 3.8) is 0 Å². The number of likely N-dealkylation sites (tertiary alicyclic amines) is 1. The van der Waals surface area contributed by atoms with E-state index < -0.39 is 23.7 Å². The summed E-state index contributed by atoms with van der Waals surface area (Å²) in [5.74, 6) is -1.22. The Kier molecular flexibility index (Phi) is 5.22. The predicted molar refractivity (Wildman–Crippen MR) is 97.2 cm³/mol. The van der Waals surface area contributed by atoms with Gasteiger partial charge in [-0.25, -0.2) is 14.3 Å². The van der Waals surface area contributed by atoms with Crippen molar-refractivity contribution in [3.8, 4) is 0 Å². The molecule has 1 aromatic carbocycles. The van der Waals surface area contributed by atoms with Crippen molar-refractivity contribution >= 4 is 11.7 Å². The Hall–Kier alpha value is -2.78. The largest absolute Gasteiger partial charge is 0.451 e. The number of hydrogen-bond donors (Lipinski definition) is 1. The summed E-state index contributed by atoms with van der Waals surface area (Å²) in [4.78, 5) is 26.2. The van der Waals surface area contributed by atoms with E-state index in [0.29, 0.717) is 36.2 Å². The van der Waals surface area contributed by atoms with Gasteiger partial charge in [-0.05, 0) is 49.9 Å². The van der Waals surface area contributed by atoms with E-state index in [-0.39, 0.29) is 6.03 Å². The fraction of sp³-hybridized carbons (Fsp3) is 0.500. The number of nitrogens with zero attached hydrogens (tertiary/aromatic N) is 4. The van der Waals surface area contributed by atoms with Crippen LogP contribution in [0.25, 0.3) is 0 Å². The van der Waals surface area contributed by atoms with Crippen LogP contribution < -0.4 is 11.0 Å². The van der Waals surface area contributed by atoms with Crippen LogP contribution in [0.3, 0.4) is 0 Å². The molecule has 2 amide bonds. The van der Waals surface area contributed by atoms with Crippen LogP contribution in [0.2, 0.25) is 0 Å². The summed E-state index contributed by atoms with van der Waals surface area (Å²) < 4.78 is 40.2. The first kappa shape index (κ1) is 20.0. The van der Waals surface area contributed by atoms with Crippen molar-refractivity contribution < 1.29 is 18.0 Å². The number of carbonyl (C=O) groups excluding carboxylic acids is 1. The van der Waals surface area contributed by atoms with E-state index in [1.54, 1.807) is 4.90 Å². The molecule has 1 aliphatic rings. The zero-order valence-electron chi connectivity index (χ0n) is 15.9. The summed E-state index contributed by atoms with van der Waals surface area (Å²) in [6, 6.07) is 4.99. The average molecular weight is 397 g/mol. The normalized spacial score (nSPS) is 15.7. The molecule has 0 bridgehead atoms. The Morgan fingerprint density at radius 3 is 2.21 bits per heavy atom. The molecule has 1 saturated heterocycles. The fourth-order valence-corrected chi connectivity index (χ4v) is 3.50. The number of rotatable bonds is 2. The highest BCUT2D eigenvalue weighted by molar-refractivity contribution is 5.89. The smallest absolute Gasteiger partial charge is 0.324 e. The van der Waals surface area contributed by atoms with Gasteiger partial charge in [0.15, 0.2) is 0 Å². The average Bonchev–Trinajstić information content (AvgIpc) is 2.89. The first-order valence-electron chi connectivity index (χ1n) is 8.93. The van der Waals surface area contributed by atoms with Crippen LogP contribution in [-0.2, 0) is 13.2 Å². The van der Waals surface area contributed by atoms with Crippen molar-refractivity contribution in [3.05, 3.63) is 45.6 Å². The molecule has 152 valence electrons. The van der Waals surface area contributed by atoms with Gasteiger partial charge < -0.3 is 10.2 Å². The number of alkyl halides is 3. The Labute approximate surface area is 159 Å². The summed E-state index contributed by atoms with van der Waals surface area (Å²) in [7, 11) is 1.06. The number of carbonyl (C=O) groups is 1. The van der Waals surface area contributed by atoms with Crippen LogP contribution in [0, 0.1) is 13.8 Å². The molecule has 0 saturated carbocycles. The van der Waals surface area contributed by atoms with Gasteiger partial charge in [0.1, 0.15) is 0 Å². The first-order valence-corrected chi connectivity index (χ1v) is 8.93. The lowest BCUT2D eigenvalue weighted by Crippen LogP contribution is -2.43. The van der Waals surface area contributed by atoms with Gasteiger partial charge in [0.25, 0.3) is 0 Å². The molecule has 10 heteroatoms. The predicted octanol–water partition coefficient (Wildman–Crippen LogP) is 3.09. The lowest BCUT2D eigenvalue weighted by Gasteiger charge is -2.31. The molecule has 1 aliphatic heterocycles. The van der Waals surface area contributed by atoms with Crippen molar-refractivity contribution in [1.82, 2.24) is 19.2 Å². The van der Waals surface area contributed by atoms with Gasteiger partial charge in [-0.3, -0.25) is 4.57 Å². The number of benzene rings is 1. The summed E-state index contributed by atoms with van der Waals surface area (Å²) in [6.45, 7) is 4.53. The monoisotopic (exact) mass is 397 g/mol. The first-order chi connectivity index (χ1) is 13.1. The van der Waals surface area contributed by atoms with Crippen molar-refractivity contribution in [2.24, 2.45) is 7.05 Å². The van der Waals surface area contributed by atoms with E-state index >= 15 is 0 Å². The minimum Gasteiger partial charge on any atom is -0.324 e. The number of amides is 2. The highest BCUT2D eigenvalue weighted by Gasteiger charge is 2.39. The molecule has 28 heavy (non-hydrogen) atoms. The SMILES string of the molecule is Cc1cc(C)cc(NC(=O)N2CCC(n3nc(C(F)(F)F)n(C)c3=O)CC2)c1. The number of urea groups is 1. The highest BCUT2D eigenvalue weighted by atomic mass is 19.4. The van der Waals surface area contributed by atoms with E-state index in [0.717, 1.165) is 22.9 Å². The van der Waals surface area contributed by atoms with E-state index in [1.165, 1.54) is 0 Å². The third kappa shape index (κ3) is 4.05. The lowest BCUT2D eigenvalue weighted by molar-refractivity contribution is -0.147. The summed E-state index contributed by atoms with van der Waals surface area (Å²) in [6.07, 6.45) is -3.98. The van der Waals surface area contributed by atoms with Gasteiger partial charge in [-0.15, -0.1) is 5.10 Å². The van der Waals surface area contributed by atoms with E-state index in [2.05, 4.69) is 10.4 Å². The molecule has 0 unspecified atom stereocenters. The summed E-state index contributed by atoms with van der Waals surface area (Å²) in [5, 5.41) is 6.33. The molecule has 1 fully saturated rings. The third-order valence-corrected chi connectivity index (χ3v) is 4.83. The fourth-order valence-electron chi connectivity index (χ4n) is 3.50. The van der Waals surface area contributed by atoms with E-state index in [9.17, 15) is 22.8 Å². The quantitative estimate of drug-likeness (QED) is 0.847. The maximum Gasteiger partial charge on any atom is 0.451 e. The minimum absolute atomic E-state index is 0.271. The number of hydrogen-bond acceptors (Lipinski definition) is 3. The highest BCUT2D eigenvalue weighted by Crippen LogP contribution is 2.28. The second-order valence-electron chi connectivity index (χ2n) is 7.13. The Morgan fingerprint density at radius 2 is 1.71 bits per heavy atom. The minimum atomic E-state index is -4.69.